The maximum Gasteiger partial charge on any atom is 0.295 e. The molecule has 0 aromatic heterocycles. The molecule has 2 aromatic rings. The molecule has 0 aliphatic rings. The Morgan fingerprint density at radius 2 is 1.37 bits per heavy atom. The highest BCUT2D eigenvalue weighted by Crippen LogP contribution is 2.31. The molecule has 0 saturated heterocycles. The lowest BCUT2D eigenvalue weighted by Crippen LogP contribution is -2.02. The highest BCUT2D eigenvalue weighted by Gasteiger charge is 2.17. The van der Waals surface area contributed by atoms with Crippen LogP contribution in [-0.2, 0) is 10.1 Å². The number of hydrogen-bond donors (Lipinski definition) is 1. The van der Waals surface area contributed by atoms with Crippen molar-refractivity contribution >= 4 is 10.1 Å². The Balaban J connectivity index is 2.76. The van der Waals surface area contributed by atoms with Crippen molar-refractivity contribution in [3.8, 4) is 11.1 Å². The molecule has 0 radical (unpaired) electrons. The second-order valence-corrected chi connectivity index (χ2v) is 6.18. The summed E-state index contributed by atoms with van der Waals surface area (Å²) < 4.78 is 32.4. The van der Waals surface area contributed by atoms with E-state index in [1.165, 1.54) is 6.07 Å². The molecule has 0 aliphatic carbocycles. The molecule has 4 heteroatoms. The van der Waals surface area contributed by atoms with Crippen LogP contribution in [0.3, 0.4) is 0 Å². The Morgan fingerprint density at radius 3 is 1.89 bits per heavy atom. The van der Waals surface area contributed by atoms with E-state index in [9.17, 15) is 13.0 Å². The zero-order valence-corrected chi connectivity index (χ0v) is 12.0. The Bertz CT molecular complexity index is 731. The van der Waals surface area contributed by atoms with Gasteiger partial charge in [0.2, 0.25) is 0 Å². The van der Waals surface area contributed by atoms with Gasteiger partial charge >= 0.3 is 0 Å². The van der Waals surface area contributed by atoms with Crippen molar-refractivity contribution in [2.75, 3.05) is 0 Å². The standard InChI is InChI=1S/C15H16O3S/c1-10-4-6-13(12(3)8-10)14-7-5-11(2)9-15(14)19(16,17)18/h4-9H,1-3H3,(H,16,17,18). The third kappa shape index (κ3) is 2.85. The lowest BCUT2D eigenvalue weighted by molar-refractivity contribution is 0.483. The lowest BCUT2D eigenvalue weighted by atomic mass is 9.98. The van der Waals surface area contributed by atoms with Crippen LogP contribution >= 0.6 is 0 Å². The number of hydrogen-bond acceptors (Lipinski definition) is 2. The monoisotopic (exact) mass is 276 g/mol. The maximum atomic E-state index is 11.5. The third-order valence-electron chi connectivity index (χ3n) is 3.09. The van der Waals surface area contributed by atoms with E-state index in [4.69, 9.17) is 0 Å². The van der Waals surface area contributed by atoms with Gasteiger partial charge in [0.25, 0.3) is 10.1 Å². The van der Waals surface area contributed by atoms with Gasteiger partial charge in [0, 0.05) is 5.56 Å². The van der Waals surface area contributed by atoms with Crippen molar-refractivity contribution in [1.29, 1.82) is 0 Å². The Kier molecular flexibility index (Phi) is 3.47. The van der Waals surface area contributed by atoms with Gasteiger partial charge in [0.15, 0.2) is 0 Å². The molecule has 0 saturated carbocycles. The summed E-state index contributed by atoms with van der Waals surface area (Å²) in [5, 5.41) is 0. The molecule has 0 unspecified atom stereocenters. The van der Waals surface area contributed by atoms with Gasteiger partial charge in [0.05, 0.1) is 0 Å². The van der Waals surface area contributed by atoms with E-state index in [1.54, 1.807) is 13.0 Å². The highest BCUT2D eigenvalue weighted by atomic mass is 32.2. The summed E-state index contributed by atoms with van der Waals surface area (Å²) in [6.45, 7) is 5.70. The fraction of sp³-hybridized carbons (Fsp3) is 0.200. The summed E-state index contributed by atoms with van der Waals surface area (Å²) in [7, 11) is -4.23. The molecule has 100 valence electrons. The quantitative estimate of drug-likeness (QED) is 0.854. The van der Waals surface area contributed by atoms with E-state index >= 15 is 0 Å². The van der Waals surface area contributed by atoms with E-state index < -0.39 is 10.1 Å². The third-order valence-corrected chi connectivity index (χ3v) is 3.98. The fourth-order valence-electron chi connectivity index (χ4n) is 2.18. The Morgan fingerprint density at radius 1 is 0.842 bits per heavy atom. The first-order chi connectivity index (χ1) is 8.79. The molecule has 1 N–H and O–H groups in total. The second-order valence-electron chi connectivity index (χ2n) is 4.79. The van der Waals surface area contributed by atoms with Gasteiger partial charge in [-0.25, -0.2) is 0 Å². The lowest BCUT2D eigenvalue weighted by Gasteiger charge is -2.11. The van der Waals surface area contributed by atoms with Crippen molar-refractivity contribution in [3.63, 3.8) is 0 Å². The molecule has 0 heterocycles. The number of benzene rings is 2. The van der Waals surface area contributed by atoms with Crippen LogP contribution in [0.4, 0.5) is 0 Å². The number of aryl methyl sites for hydroxylation is 3. The molecule has 0 aliphatic heterocycles. The van der Waals surface area contributed by atoms with Crippen LogP contribution in [-0.4, -0.2) is 13.0 Å². The molecule has 3 nitrogen and oxygen atoms in total. The van der Waals surface area contributed by atoms with Crippen molar-refractivity contribution in [3.05, 3.63) is 53.1 Å². The smallest absolute Gasteiger partial charge is 0.282 e. The van der Waals surface area contributed by atoms with Crippen LogP contribution in [0.25, 0.3) is 11.1 Å². The van der Waals surface area contributed by atoms with Gasteiger partial charge in [-0.2, -0.15) is 8.42 Å². The van der Waals surface area contributed by atoms with Gasteiger partial charge in [-0.05, 0) is 43.5 Å². The Labute approximate surface area is 113 Å². The molecular formula is C15H16O3S. The predicted molar refractivity (Wildman–Crippen MR) is 75.9 cm³/mol. The van der Waals surface area contributed by atoms with Crippen LogP contribution in [0.15, 0.2) is 41.3 Å². The minimum atomic E-state index is -4.23. The molecule has 2 aromatic carbocycles. The average Bonchev–Trinajstić information content (AvgIpc) is 2.28. The maximum absolute atomic E-state index is 11.5. The first-order valence-corrected chi connectivity index (χ1v) is 7.39. The zero-order valence-electron chi connectivity index (χ0n) is 11.1. The van der Waals surface area contributed by atoms with Crippen LogP contribution in [0.2, 0.25) is 0 Å². The van der Waals surface area contributed by atoms with Crippen molar-refractivity contribution in [1.82, 2.24) is 0 Å². The summed E-state index contributed by atoms with van der Waals surface area (Å²) in [4.78, 5) is -0.0422. The van der Waals surface area contributed by atoms with E-state index in [1.807, 2.05) is 38.1 Å². The van der Waals surface area contributed by atoms with Crippen molar-refractivity contribution in [2.45, 2.75) is 25.7 Å². The average molecular weight is 276 g/mol. The summed E-state index contributed by atoms with van der Waals surface area (Å²) in [6, 6.07) is 10.9. The first kappa shape index (κ1) is 13.8. The largest absolute Gasteiger partial charge is 0.295 e. The molecule has 0 bridgehead atoms. The summed E-state index contributed by atoms with van der Waals surface area (Å²) in [6.07, 6.45) is 0. The summed E-state index contributed by atoms with van der Waals surface area (Å²) in [5.41, 5.74) is 4.24. The summed E-state index contributed by atoms with van der Waals surface area (Å²) in [5.74, 6) is 0. The van der Waals surface area contributed by atoms with Crippen LogP contribution in [0, 0.1) is 20.8 Å². The molecule has 0 fully saturated rings. The SMILES string of the molecule is Cc1ccc(-c2ccc(C)cc2S(=O)(=O)O)c(C)c1. The second kappa shape index (κ2) is 4.79. The van der Waals surface area contributed by atoms with E-state index in [0.29, 0.717) is 5.56 Å². The predicted octanol–water partition coefficient (Wildman–Crippen LogP) is 3.53. The zero-order chi connectivity index (χ0) is 14.2. The fourth-order valence-corrected chi connectivity index (χ4v) is 2.97. The topological polar surface area (TPSA) is 54.4 Å². The van der Waals surface area contributed by atoms with Gasteiger partial charge in [-0.1, -0.05) is 35.9 Å². The Hall–Kier alpha value is -1.65. The van der Waals surface area contributed by atoms with E-state index in [2.05, 4.69) is 0 Å². The van der Waals surface area contributed by atoms with E-state index in [-0.39, 0.29) is 4.90 Å². The molecule has 0 atom stereocenters. The minimum Gasteiger partial charge on any atom is -0.282 e. The van der Waals surface area contributed by atoms with Crippen molar-refractivity contribution < 1.29 is 13.0 Å². The minimum absolute atomic E-state index is 0.0422. The van der Waals surface area contributed by atoms with Crippen LogP contribution in [0.1, 0.15) is 16.7 Å². The normalized spacial score (nSPS) is 11.6. The molecular weight excluding hydrogens is 260 g/mol. The highest BCUT2D eigenvalue weighted by molar-refractivity contribution is 7.86. The van der Waals surface area contributed by atoms with Gasteiger partial charge in [0.1, 0.15) is 4.90 Å². The summed E-state index contributed by atoms with van der Waals surface area (Å²) >= 11 is 0. The first-order valence-electron chi connectivity index (χ1n) is 5.95. The number of rotatable bonds is 2. The van der Waals surface area contributed by atoms with Crippen LogP contribution < -0.4 is 0 Å². The molecule has 19 heavy (non-hydrogen) atoms. The van der Waals surface area contributed by atoms with Gasteiger partial charge in [-0.15, -0.1) is 0 Å². The van der Waals surface area contributed by atoms with Gasteiger partial charge < -0.3 is 0 Å². The molecule has 0 amide bonds. The van der Waals surface area contributed by atoms with Crippen molar-refractivity contribution in [2.24, 2.45) is 0 Å². The van der Waals surface area contributed by atoms with Crippen LogP contribution in [0.5, 0.6) is 0 Å². The van der Waals surface area contributed by atoms with Gasteiger partial charge in [-0.3, -0.25) is 4.55 Å². The molecule has 2 rings (SSSR count). The van der Waals surface area contributed by atoms with E-state index in [0.717, 1.165) is 22.3 Å². The molecule has 0 spiro atoms.